The molecule has 1 N–H and O–H groups in total. The molecular formula is C20H27ClN6. The number of nitrogens with zero attached hydrogens (tertiary/aromatic N) is 5. The molecule has 1 atom stereocenters. The van der Waals surface area contributed by atoms with Crippen molar-refractivity contribution in [2.24, 2.45) is 5.10 Å². The van der Waals surface area contributed by atoms with Gasteiger partial charge in [-0.1, -0.05) is 18.2 Å². The number of rotatable bonds is 4. The van der Waals surface area contributed by atoms with E-state index in [0.29, 0.717) is 0 Å². The molecule has 0 aromatic carbocycles. The van der Waals surface area contributed by atoms with Crippen molar-refractivity contribution in [1.29, 1.82) is 0 Å². The zero-order chi connectivity index (χ0) is 18.6. The van der Waals surface area contributed by atoms with E-state index in [9.17, 15) is 0 Å². The standard InChI is InChI=1S/C20H27ClN6/c1-26-19-17(10-11-23-26)18(22-14-15-6-5-7-16(21)9-8-15)24-20(25-19)27-12-3-2-4-13-27/h6,8-9,11,16H,2-5,7,10,12-14H2,1H3,(H,22,24,25). The Morgan fingerprint density at radius 2 is 2.07 bits per heavy atom. The Morgan fingerprint density at radius 1 is 1.22 bits per heavy atom. The van der Waals surface area contributed by atoms with Crippen molar-refractivity contribution in [1.82, 2.24) is 9.97 Å². The number of halogens is 1. The Balaban J connectivity index is 1.59. The summed E-state index contributed by atoms with van der Waals surface area (Å²) in [6, 6.07) is 0. The molecule has 1 fully saturated rings. The van der Waals surface area contributed by atoms with E-state index >= 15 is 0 Å². The number of hydrogen-bond acceptors (Lipinski definition) is 6. The van der Waals surface area contributed by atoms with E-state index in [1.807, 2.05) is 18.3 Å². The first-order valence-corrected chi connectivity index (χ1v) is 10.3. The minimum atomic E-state index is 0.126. The number of aromatic nitrogens is 2. The predicted molar refractivity (Wildman–Crippen MR) is 113 cm³/mol. The Bertz CT molecular complexity index is 766. The van der Waals surface area contributed by atoms with Gasteiger partial charge in [-0.05, 0) is 37.7 Å². The number of piperidine rings is 1. The van der Waals surface area contributed by atoms with Gasteiger partial charge in [0, 0.05) is 44.9 Å². The number of allylic oxidation sites excluding steroid dienone is 2. The Morgan fingerprint density at radius 3 is 2.93 bits per heavy atom. The predicted octanol–water partition coefficient (Wildman–Crippen LogP) is 3.74. The summed E-state index contributed by atoms with van der Waals surface area (Å²) in [5.41, 5.74) is 2.37. The molecule has 1 aromatic heterocycles. The molecule has 0 bridgehead atoms. The van der Waals surface area contributed by atoms with Crippen LogP contribution in [0.2, 0.25) is 0 Å². The number of nitrogens with one attached hydrogen (secondary N) is 1. The molecule has 1 unspecified atom stereocenters. The fourth-order valence-electron chi connectivity index (χ4n) is 3.74. The summed E-state index contributed by atoms with van der Waals surface area (Å²) >= 11 is 6.23. The van der Waals surface area contributed by atoms with Crippen LogP contribution in [0.3, 0.4) is 0 Å². The number of alkyl halides is 1. The molecule has 0 saturated carbocycles. The summed E-state index contributed by atoms with van der Waals surface area (Å²) in [4.78, 5) is 12.0. The molecule has 1 saturated heterocycles. The normalized spacial score (nSPS) is 22.3. The quantitative estimate of drug-likeness (QED) is 0.799. The van der Waals surface area contributed by atoms with Crippen molar-refractivity contribution in [3.63, 3.8) is 0 Å². The first kappa shape index (κ1) is 18.3. The van der Waals surface area contributed by atoms with Crippen LogP contribution in [0.25, 0.3) is 0 Å². The van der Waals surface area contributed by atoms with Crippen molar-refractivity contribution < 1.29 is 0 Å². The highest BCUT2D eigenvalue weighted by molar-refractivity contribution is 6.21. The SMILES string of the molecule is CN1N=CCc2c(NCC3=CCCC(Cl)C=C3)nc(N3CCCCC3)nc21. The second-order valence-corrected chi connectivity index (χ2v) is 7.89. The average Bonchev–Trinajstić information content (AvgIpc) is 2.91. The maximum atomic E-state index is 6.23. The molecule has 3 heterocycles. The summed E-state index contributed by atoms with van der Waals surface area (Å²) in [5.74, 6) is 2.63. The van der Waals surface area contributed by atoms with Crippen LogP contribution >= 0.6 is 11.6 Å². The molecule has 0 amide bonds. The molecular weight excluding hydrogens is 360 g/mol. The van der Waals surface area contributed by atoms with Crippen LogP contribution in [-0.4, -0.2) is 48.2 Å². The van der Waals surface area contributed by atoms with Crippen LogP contribution in [0.1, 0.15) is 37.7 Å². The van der Waals surface area contributed by atoms with E-state index < -0.39 is 0 Å². The number of hydrogen-bond donors (Lipinski definition) is 1. The summed E-state index contributed by atoms with van der Waals surface area (Å²) in [7, 11) is 1.95. The van der Waals surface area contributed by atoms with Crippen LogP contribution in [0.15, 0.2) is 28.9 Å². The summed E-state index contributed by atoms with van der Waals surface area (Å²) < 4.78 is 0. The van der Waals surface area contributed by atoms with E-state index in [1.165, 1.54) is 24.8 Å². The minimum absolute atomic E-state index is 0.126. The molecule has 0 spiro atoms. The Labute approximate surface area is 166 Å². The monoisotopic (exact) mass is 386 g/mol. The van der Waals surface area contributed by atoms with E-state index in [-0.39, 0.29) is 5.38 Å². The lowest BCUT2D eigenvalue weighted by atomic mass is 10.1. The van der Waals surface area contributed by atoms with Crippen molar-refractivity contribution >= 4 is 35.4 Å². The Kier molecular flexibility index (Phi) is 5.62. The Hall–Kier alpha value is -2.08. The van der Waals surface area contributed by atoms with Gasteiger partial charge in [0.15, 0.2) is 5.82 Å². The van der Waals surface area contributed by atoms with Crippen LogP contribution in [0, 0.1) is 0 Å². The van der Waals surface area contributed by atoms with E-state index in [1.54, 1.807) is 0 Å². The molecule has 2 aliphatic heterocycles. The zero-order valence-electron chi connectivity index (χ0n) is 15.9. The highest BCUT2D eigenvalue weighted by Gasteiger charge is 2.23. The lowest BCUT2D eigenvalue weighted by Gasteiger charge is -2.29. The molecule has 4 rings (SSSR count). The van der Waals surface area contributed by atoms with Gasteiger partial charge in [-0.25, -0.2) is 0 Å². The van der Waals surface area contributed by atoms with Gasteiger partial charge in [-0.15, -0.1) is 11.6 Å². The van der Waals surface area contributed by atoms with Gasteiger partial charge in [0.05, 0.1) is 5.38 Å². The van der Waals surface area contributed by atoms with Crippen LogP contribution in [0.5, 0.6) is 0 Å². The number of anilines is 3. The maximum Gasteiger partial charge on any atom is 0.229 e. The molecule has 1 aromatic rings. The molecule has 7 heteroatoms. The fourth-order valence-corrected chi connectivity index (χ4v) is 3.94. The summed E-state index contributed by atoms with van der Waals surface area (Å²) in [6.45, 7) is 2.79. The summed E-state index contributed by atoms with van der Waals surface area (Å²) in [6.07, 6.45) is 14.8. The van der Waals surface area contributed by atoms with Gasteiger partial charge in [0.25, 0.3) is 0 Å². The van der Waals surface area contributed by atoms with Gasteiger partial charge in [-0.2, -0.15) is 15.1 Å². The lowest BCUT2D eigenvalue weighted by molar-refractivity contribution is 0.568. The van der Waals surface area contributed by atoms with Crippen LogP contribution in [0.4, 0.5) is 17.6 Å². The van der Waals surface area contributed by atoms with E-state index in [4.69, 9.17) is 21.6 Å². The molecule has 0 radical (unpaired) electrons. The third-order valence-electron chi connectivity index (χ3n) is 5.30. The van der Waals surface area contributed by atoms with E-state index in [2.05, 4.69) is 33.5 Å². The highest BCUT2D eigenvalue weighted by atomic mass is 35.5. The zero-order valence-corrected chi connectivity index (χ0v) is 16.6. The van der Waals surface area contributed by atoms with Crippen molar-refractivity contribution in [2.75, 3.05) is 41.9 Å². The lowest BCUT2D eigenvalue weighted by Crippen LogP contribution is -2.32. The van der Waals surface area contributed by atoms with Crippen LogP contribution < -0.4 is 15.2 Å². The van der Waals surface area contributed by atoms with Gasteiger partial charge in [-0.3, -0.25) is 5.01 Å². The van der Waals surface area contributed by atoms with Gasteiger partial charge < -0.3 is 10.2 Å². The molecule has 3 aliphatic rings. The fraction of sp³-hybridized carbons (Fsp3) is 0.550. The van der Waals surface area contributed by atoms with Gasteiger partial charge in [0.1, 0.15) is 5.82 Å². The molecule has 6 nitrogen and oxygen atoms in total. The third-order valence-corrected chi connectivity index (χ3v) is 5.66. The van der Waals surface area contributed by atoms with Crippen molar-refractivity contribution in [3.05, 3.63) is 29.4 Å². The number of hydrazone groups is 1. The van der Waals surface area contributed by atoms with Crippen LogP contribution in [-0.2, 0) is 6.42 Å². The van der Waals surface area contributed by atoms with Gasteiger partial charge in [0.2, 0.25) is 5.95 Å². The first-order chi connectivity index (χ1) is 13.2. The smallest absolute Gasteiger partial charge is 0.229 e. The minimum Gasteiger partial charge on any atom is -0.366 e. The second-order valence-electron chi connectivity index (χ2n) is 7.33. The number of fused-ring (bicyclic) bond motifs is 1. The average molecular weight is 387 g/mol. The third kappa shape index (κ3) is 4.26. The summed E-state index contributed by atoms with van der Waals surface area (Å²) in [5, 5.41) is 9.94. The largest absolute Gasteiger partial charge is 0.366 e. The topological polar surface area (TPSA) is 56.6 Å². The van der Waals surface area contributed by atoms with Gasteiger partial charge >= 0.3 is 0 Å². The first-order valence-electron chi connectivity index (χ1n) is 9.88. The molecule has 144 valence electrons. The molecule has 1 aliphatic carbocycles. The van der Waals surface area contributed by atoms with Crippen molar-refractivity contribution in [2.45, 2.75) is 43.9 Å². The van der Waals surface area contributed by atoms with Crippen molar-refractivity contribution in [3.8, 4) is 0 Å². The van der Waals surface area contributed by atoms with E-state index in [0.717, 1.165) is 62.0 Å². The maximum absolute atomic E-state index is 6.23. The molecule has 27 heavy (non-hydrogen) atoms. The highest BCUT2D eigenvalue weighted by Crippen LogP contribution is 2.30. The second kappa shape index (κ2) is 8.30.